The van der Waals surface area contributed by atoms with E-state index >= 15 is 0 Å². The summed E-state index contributed by atoms with van der Waals surface area (Å²) in [6.07, 6.45) is 2.16. The van der Waals surface area contributed by atoms with Crippen LogP contribution in [0.15, 0.2) is 35.3 Å². The van der Waals surface area contributed by atoms with Gasteiger partial charge in [0.1, 0.15) is 0 Å². The van der Waals surface area contributed by atoms with Gasteiger partial charge in [0.15, 0.2) is 5.96 Å². The van der Waals surface area contributed by atoms with Crippen LogP contribution in [0, 0.1) is 0 Å². The van der Waals surface area contributed by atoms with Crippen LogP contribution in [0.2, 0.25) is 0 Å². The van der Waals surface area contributed by atoms with E-state index in [9.17, 15) is 0 Å². The van der Waals surface area contributed by atoms with Crippen LogP contribution in [0.1, 0.15) is 18.9 Å². The second-order valence-corrected chi connectivity index (χ2v) is 5.86. The van der Waals surface area contributed by atoms with Crippen molar-refractivity contribution in [2.24, 2.45) is 4.99 Å². The van der Waals surface area contributed by atoms with Crippen LogP contribution in [0.25, 0.3) is 0 Å². The fourth-order valence-corrected chi connectivity index (χ4v) is 2.25. The molecule has 0 saturated heterocycles. The highest BCUT2D eigenvalue weighted by Crippen LogP contribution is 2.04. The lowest BCUT2D eigenvalue weighted by molar-refractivity contribution is 0.162. The molecule has 0 bridgehead atoms. The maximum Gasteiger partial charge on any atom is 0.191 e. The van der Waals surface area contributed by atoms with Crippen LogP contribution in [-0.2, 0) is 11.2 Å². The minimum Gasteiger partial charge on any atom is -0.383 e. The summed E-state index contributed by atoms with van der Waals surface area (Å²) < 4.78 is 5.08. The van der Waals surface area contributed by atoms with Crippen LogP contribution < -0.4 is 10.6 Å². The zero-order valence-corrected chi connectivity index (χ0v) is 17.7. The van der Waals surface area contributed by atoms with Crippen LogP contribution in [0.4, 0.5) is 0 Å². The molecule has 24 heavy (non-hydrogen) atoms. The largest absolute Gasteiger partial charge is 0.383 e. The summed E-state index contributed by atoms with van der Waals surface area (Å²) in [5.74, 6) is 0.866. The number of hydrogen-bond donors (Lipinski definition) is 2. The van der Waals surface area contributed by atoms with E-state index in [2.05, 4.69) is 64.8 Å². The van der Waals surface area contributed by atoms with Gasteiger partial charge in [0.25, 0.3) is 0 Å². The molecule has 0 spiro atoms. The summed E-state index contributed by atoms with van der Waals surface area (Å²) >= 11 is 0. The van der Waals surface area contributed by atoms with E-state index in [0.717, 1.165) is 45.0 Å². The Kier molecular flexibility index (Phi) is 14.0. The first-order valence-corrected chi connectivity index (χ1v) is 8.34. The molecule has 0 radical (unpaired) electrons. The molecule has 1 aromatic rings. The van der Waals surface area contributed by atoms with E-state index in [0.29, 0.717) is 6.04 Å². The molecule has 0 aliphatic carbocycles. The van der Waals surface area contributed by atoms with Crippen molar-refractivity contribution in [3.8, 4) is 0 Å². The number of nitrogens with zero attached hydrogens (tertiary/aromatic N) is 2. The third-order valence-corrected chi connectivity index (χ3v) is 3.78. The molecule has 6 heteroatoms. The first-order chi connectivity index (χ1) is 11.2. The van der Waals surface area contributed by atoms with Crippen molar-refractivity contribution in [1.29, 1.82) is 0 Å². The fraction of sp³-hybridized carbons (Fsp3) is 0.611. The SMILES string of the molecule is CN=C(NCCN(C)CCOC)NC(C)CCc1ccccc1.I. The van der Waals surface area contributed by atoms with Crippen molar-refractivity contribution >= 4 is 29.9 Å². The van der Waals surface area contributed by atoms with Crippen molar-refractivity contribution in [2.75, 3.05) is 47.4 Å². The van der Waals surface area contributed by atoms with Crippen LogP contribution in [-0.4, -0.2) is 64.3 Å². The topological polar surface area (TPSA) is 48.9 Å². The van der Waals surface area contributed by atoms with Crippen LogP contribution in [0.5, 0.6) is 0 Å². The number of likely N-dealkylation sites (N-methyl/N-ethyl adjacent to an activating group) is 1. The van der Waals surface area contributed by atoms with E-state index in [1.54, 1.807) is 7.11 Å². The summed E-state index contributed by atoms with van der Waals surface area (Å²) in [4.78, 5) is 6.53. The molecular formula is C18H33IN4O. The van der Waals surface area contributed by atoms with Gasteiger partial charge in [0.05, 0.1) is 6.61 Å². The summed E-state index contributed by atoms with van der Waals surface area (Å²) in [6, 6.07) is 11.0. The number of methoxy groups -OCH3 is 1. The van der Waals surface area contributed by atoms with Gasteiger partial charge in [-0.1, -0.05) is 30.3 Å². The Bertz CT molecular complexity index is 442. The standard InChI is InChI=1S/C18H32N4O.HI/c1-16(10-11-17-8-6-5-7-9-17)21-18(19-2)20-12-13-22(3)14-15-23-4;/h5-9,16H,10-15H2,1-4H3,(H2,19,20,21);1H. The number of nitrogens with one attached hydrogen (secondary N) is 2. The maximum absolute atomic E-state index is 5.08. The van der Waals surface area contributed by atoms with Crippen LogP contribution >= 0.6 is 24.0 Å². The predicted molar refractivity (Wildman–Crippen MR) is 114 cm³/mol. The van der Waals surface area contributed by atoms with E-state index in [-0.39, 0.29) is 24.0 Å². The molecule has 1 atom stereocenters. The molecule has 0 amide bonds. The lowest BCUT2D eigenvalue weighted by atomic mass is 10.1. The molecule has 0 aromatic heterocycles. The first kappa shape index (κ1) is 23.1. The van der Waals surface area contributed by atoms with Crippen molar-refractivity contribution in [3.63, 3.8) is 0 Å². The molecule has 0 saturated carbocycles. The van der Waals surface area contributed by atoms with Gasteiger partial charge < -0.3 is 20.3 Å². The molecule has 5 nitrogen and oxygen atoms in total. The number of aliphatic imine (C=N–C) groups is 1. The maximum atomic E-state index is 5.08. The number of hydrogen-bond acceptors (Lipinski definition) is 3. The summed E-state index contributed by atoms with van der Waals surface area (Å²) in [5.41, 5.74) is 1.38. The highest BCUT2D eigenvalue weighted by atomic mass is 127. The zero-order valence-electron chi connectivity index (χ0n) is 15.4. The van der Waals surface area contributed by atoms with Gasteiger partial charge in [-0.15, -0.1) is 24.0 Å². The molecule has 0 heterocycles. The average Bonchev–Trinajstić information content (AvgIpc) is 2.58. The van der Waals surface area contributed by atoms with Crippen molar-refractivity contribution < 1.29 is 4.74 Å². The molecule has 0 fully saturated rings. The normalized spacial score (nSPS) is 12.6. The number of halogens is 1. The number of guanidine groups is 1. The third-order valence-electron chi connectivity index (χ3n) is 3.78. The average molecular weight is 448 g/mol. The lowest BCUT2D eigenvalue weighted by Crippen LogP contribution is -2.44. The van der Waals surface area contributed by atoms with Crippen molar-refractivity contribution in [3.05, 3.63) is 35.9 Å². The van der Waals surface area contributed by atoms with Gasteiger partial charge in [-0.05, 0) is 32.4 Å². The van der Waals surface area contributed by atoms with E-state index in [1.165, 1.54) is 5.56 Å². The van der Waals surface area contributed by atoms with Crippen LogP contribution in [0.3, 0.4) is 0 Å². The van der Waals surface area contributed by atoms with E-state index < -0.39 is 0 Å². The highest BCUT2D eigenvalue weighted by Gasteiger charge is 2.06. The molecular weight excluding hydrogens is 415 g/mol. The number of aryl methyl sites for hydroxylation is 1. The van der Waals surface area contributed by atoms with Crippen molar-refractivity contribution in [2.45, 2.75) is 25.8 Å². The van der Waals surface area contributed by atoms with Gasteiger partial charge in [-0.3, -0.25) is 4.99 Å². The monoisotopic (exact) mass is 448 g/mol. The minimum atomic E-state index is 0. The van der Waals surface area contributed by atoms with Gasteiger partial charge in [0.2, 0.25) is 0 Å². The predicted octanol–water partition coefficient (Wildman–Crippen LogP) is 2.37. The second-order valence-electron chi connectivity index (χ2n) is 5.86. The highest BCUT2D eigenvalue weighted by molar-refractivity contribution is 14.0. The Labute approximate surface area is 164 Å². The van der Waals surface area contributed by atoms with E-state index in [4.69, 9.17) is 4.74 Å². The smallest absolute Gasteiger partial charge is 0.191 e. The first-order valence-electron chi connectivity index (χ1n) is 8.34. The quantitative estimate of drug-likeness (QED) is 0.328. The summed E-state index contributed by atoms with van der Waals surface area (Å²) in [7, 11) is 5.64. The minimum absolute atomic E-state index is 0. The fourth-order valence-electron chi connectivity index (χ4n) is 2.25. The Morgan fingerprint density at radius 2 is 1.96 bits per heavy atom. The Balaban J connectivity index is 0.00000529. The molecule has 138 valence electrons. The number of benzene rings is 1. The number of rotatable bonds is 10. The Morgan fingerprint density at radius 1 is 1.25 bits per heavy atom. The molecule has 0 aliphatic rings. The van der Waals surface area contributed by atoms with Gasteiger partial charge in [0, 0.05) is 39.8 Å². The molecule has 1 unspecified atom stereocenters. The molecule has 1 aromatic carbocycles. The van der Waals surface area contributed by atoms with Gasteiger partial charge in [-0.25, -0.2) is 0 Å². The number of ether oxygens (including phenoxy) is 1. The molecule has 1 rings (SSSR count). The molecule has 2 N–H and O–H groups in total. The zero-order chi connectivity index (χ0) is 16.9. The lowest BCUT2D eigenvalue weighted by Gasteiger charge is -2.20. The summed E-state index contributed by atoms with van der Waals surface area (Å²) in [6.45, 7) is 5.73. The molecule has 0 aliphatic heterocycles. The Morgan fingerprint density at radius 3 is 2.58 bits per heavy atom. The summed E-state index contributed by atoms with van der Waals surface area (Å²) in [5, 5.41) is 6.81. The third kappa shape index (κ3) is 10.8. The van der Waals surface area contributed by atoms with Gasteiger partial charge in [-0.2, -0.15) is 0 Å². The van der Waals surface area contributed by atoms with Gasteiger partial charge >= 0.3 is 0 Å². The van der Waals surface area contributed by atoms with E-state index in [1.807, 2.05) is 7.05 Å². The Hall–Kier alpha value is -0.860. The second kappa shape index (κ2) is 14.5. The van der Waals surface area contributed by atoms with Crippen molar-refractivity contribution in [1.82, 2.24) is 15.5 Å².